The van der Waals surface area contributed by atoms with E-state index >= 15 is 0 Å². The van der Waals surface area contributed by atoms with Gasteiger partial charge in [0, 0.05) is 19.2 Å². The zero-order chi connectivity index (χ0) is 23.4. The Morgan fingerprint density at radius 1 is 1.38 bits per heavy atom. The molecule has 174 valence electrons. The molecule has 2 aromatic heterocycles. The molecule has 9 nitrogen and oxygen atoms in total. The van der Waals surface area contributed by atoms with E-state index in [2.05, 4.69) is 9.97 Å². The van der Waals surface area contributed by atoms with Gasteiger partial charge in [0.25, 0.3) is 5.91 Å². The van der Waals surface area contributed by atoms with Gasteiger partial charge >= 0.3 is 12.1 Å². The SMILES string of the molecule is Cc1ncoc1C(=O)N1CCC[C@]2(C[C@@H](Oc3cccnc3)CO2)C1.O=C(O)C(F)(F)F. The number of aryl methyl sites for hydroxylation is 1. The molecule has 32 heavy (non-hydrogen) atoms. The van der Waals surface area contributed by atoms with Gasteiger partial charge in [-0.15, -0.1) is 0 Å². The van der Waals surface area contributed by atoms with Gasteiger partial charge in [-0.25, -0.2) is 9.78 Å². The topological polar surface area (TPSA) is 115 Å². The number of rotatable bonds is 3. The highest BCUT2D eigenvalue weighted by Gasteiger charge is 2.46. The number of halogens is 3. The molecule has 2 aliphatic heterocycles. The first kappa shape index (κ1) is 23.5. The predicted octanol–water partition coefficient (Wildman–Crippen LogP) is 2.85. The maximum absolute atomic E-state index is 12.7. The lowest BCUT2D eigenvalue weighted by Gasteiger charge is -2.39. The van der Waals surface area contributed by atoms with E-state index < -0.39 is 12.1 Å². The van der Waals surface area contributed by atoms with Gasteiger partial charge in [0.05, 0.1) is 30.6 Å². The van der Waals surface area contributed by atoms with Gasteiger partial charge in [-0.05, 0) is 31.9 Å². The Labute approximate surface area is 181 Å². The number of aliphatic carboxylic acids is 1. The van der Waals surface area contributed by atoms with Crippen LogP contribution in [0, 0.1) is 6.92 Å². The first-order chi connectivity index (χ1) is 15.1. The van der Waals surface area contributed by atoms with Crippen molar-refractivity contribution in [3.05, 3.63) is 42.4 Å². The van der Waals surface area contributed by atoms with Crippen molar-refractivity contribution in [2.75, 3.05) is 19.7 Å². The fourth-order valence-electron chi connectivity index (χ4n) is 3.69. The Morgan fingerprint density at radius 2 is 2.12 bits per heavy atom. The number of alkyl halides is 3. The largest absolute Gasteiger partial charge is 0.490 e. The number of aromatic nitrogens is 2. The Kier molecular flexibility index (Phi) is 7.02. The zero-order valence-electron chi connectivity index (χ0n) is 17.2. The van der Waals surface area contributed by atoms with E-state index in [-0.39, 0.29) is 17.6 Å². The first-order valence-corrected chi connectivity index (χ1v) is 9.80. The molecule has 0 unspecified atom stereocenters. The molecule has 0 saturated carbocycles. The number of ether oxygens (including phenoxy) is 2. The standard InChI is InChI=1S/C18H21N3O4.C2HF3O2/c1-13-16(23-12-20-13)17(22)21-7-3-5-18(11-21)8-15(10-24-18)25-14-4-2-6-19-9-14;3-2(4,5)1(6)7/h2,4,6,9,12,15H,3,5,7-8,10-11H2,1H3;(H,6,7)/t15-,18+;/m1./s1. The second-order valence-corrected chi connectivity index (χ2v) is 7.53. The summed E-state index contributed by atoms with van der Waals surface area (Å²) in [5, 5.41) is 7.12. The number of carbonyl (C=O) groups is 2. The number of nitrogens with zero attached hydrogens (tertiary/aromatic N) is 3. The molecular formula is C20H22F3N3O6. The zero-order valence-corrected chi connectivity index (χ0v) is 17.2. The normalized spacial score (nSPS) is 22.9. The monoisotopic (exact) mass is 457 g/mol. The van der Waals surface area contributed by atoms with Crippen LogP contribution in [0.3, 0.4) is 0 Å². The summed E-state index contributed by atoms with van der Waals surface area (Å²) in [4.78, 5) is 31.5. The molecule has 2 fully saturated rings. The summed E-state index contributed by atoms with van der Waals surface area (Å²) < 4.78 is 49.1. The summed E-state index contributed by atoms with van der Waals surface area (Å²) in [6, 6.07) is 3.74. The van der Waals surface area contributed by atoms with Gasteiger partial charge < -0.3 is 23.9 Å². The van der Waals surface area contributed by atoms with Crippen LogP contribution in [0.15, 0.2) is 35.3 Å². The van der Waals surface area contributed by atoms with E-state index in [0.717, 1.165) is 25.0 Å². The number of pyridine rings is 1. The molecule has 4 heterocycles. The quantitative estimate of drug-likeness (QED) is 0.748. The number of carboxylic acid groups (broad SMARTS) is 1. The van der Waals surface area contributed by atoms with Crippen LogP contribution in [-0.2, 0) is 9.53 Å². The molecule has 4 rings (SSSR count). The van der Waals surface area contributed by atoms with Crippen molar-refractivity contribution in [3.63, 3.8) is 0 Å². The van der Waals surface area contributed by atoms with Gasteiger partial charge in [0.1, 0.15) is 11.9 Å². The van der Waals surface area contributed by atoms with Crippen LogP contribution >= 0.6 is 0 Å². The number of oxazole rings is 1. The molecule has 0 aliphatic carbocycles. The number of hydrogen-bond donors (Lipinski definition) is 1. The van der Waals surface area contributed by atoms with Gasteiger partial charge in [-0.1, -0.05) is 0 Å². The van der Waals surface area contributed by atoms with Crippen LogP contribution in [0.4, 0.5) is 13.2 Å². The average Bonchev–Trinajstić information content (AvgIpc) is 3.34. The number of amides is 1. The molecule has 0 bridgehead atoms. The minimum Gasteiger partial charge on any atom is -0.486 e. The van der Waals surface area contributed by atoms with Crippen molar-refractivity contribution in [1.29, 1.82) is 0 Å². The maximum Gasteiger partial charge on any atom is 0.490 e. The third-order valence-corrected chi connectivity index (χ3v) is 5.12. The van der Waals surface area contributed by atoms with Crippen molar-refractivity contribution in [2.24, 2.45) is 0 Å². The number of piperidine rings is 1. The molecule has 12 heteroatoms. The minimum atomic E-state index is -5.08. The van der Waals surface area contributed by atoms with Crippen LogP contribution in [-0.4, -0.2) is 69.4 Å². The number of carbonyl (C=O) groups excluding carboxylic acids is 1. The highest BCUT2D eigenvalue weighted by Crippen LogP contribution is 2.36. The lowest BCUT2D eigenvalue weighted by Crippen LogP contribution is -2.50. The second kappa shape index (κ2) is 9.55. The number of carboxylic acids is 1. The average molecular weight is 457 g/mol. The lowest BCUT2D eigenvalue weighted by molar-refractivity contribution is -0.192. The Bertz CT molecular complexity index is 936. The number of likely N-dealkylation sites (tertiary alicyclic amines) is 1. The molecule has 2 aromatic rings. The third kappa shape index (κ3) is 5.75. The summed E-state index contributed by atoms with van der Waals surface area (Å²) in [7, 11) is 0. The minimum absolute atomic E-state index is 0.0220. The molecule has 0 radical (unpaired) electrons. The Hall–Kier alpha value is -3.15. The summed E-state index contributed by atoms with van der Waals surface area (Å²) >= 11 is 0. The third-order valence-electron chi connectivity index (χ3n) is 5.12. The van der Waals surface area contributed by atoms with Crippen molar-refractivity contribution in [3.8, 4) is 5.75 Å². The van der Waals surface area contributed by atoms with E-state index in [1.165, 1.54) is 6.39 Å². The summed E-state index contributed by atoms with van der Waals surface area (Å²) in [5.74, 6) is -1.81. The fraction of sp³-hybridized carbons (Fsp3) is 0.500. The maximum atomic E-state index is 12.7. The molecule has 2 saturated heterocycles. The fourth-order valence-corrected chi connectivity index (χ4v) is 3.69. The van der Waals surface area contributed by atoms with Gasteiger partial charge in [-0.2, -0.15) is 13.2 Å². The Morgan fingerprint density at radius 3 is 2.72 bits per heavy atom. The smallest absolute Gasteiger partial charge is 0.486 e. The summed E-state index contributed by atoms with van der Waals surface area (Å²) in [5.41, 5.74) is 0.282. The lowest BCUT2D eigenvalue weighted by atomic mass is 9.89. The van der Waals surface area contributed by atoms with Crippen molar-refractivity contribution < 1.29 is 41.8 Å². The molecule has 2 aliphatic rings. The molecule has 1 N–H and O–H groups in total. The molecule has 1 spiro atoms. The van der Waals surface area contributed by atoms with Gasteiger partial charge in [-0.3, -0.25) is 9.78 Å². The van der Waals surface area contributed by atoms with E-state index in [0.29, 0.717) is 31.2 Å². The van der Waals surface area contributed by atoms with Crippen molar-refractivity contribution >= 4 is 11.9 Å². The molecule has 2 atom stereocenters. The van der Waals surface area contributed by atoms with E-state index in [1.54, 1.807) is 19.3 Å². The van der Waals surface area contributed by atoms with E-state index in [4.69, 9.17) is 23.8 Å². The first-order valence-electron chi connectivity index (χ1n) is 9.80. The van der Waals surface area contributed by atoms with Crippen LogP contribution < -0.4 is 4.74 Å². The van der Waals surface area contributed by atoms with Crippen molar-refractivity contribution in [1.82, 2.24) is 14.9 Å². The van der Waals surface area contributed by atoms with E-state index in [9.17, 15) is 18.0 Å². The molecule has 0 aromatic carbocycles. The second-order valence-electron chi connectivity index (χ2n) is 7.53. The highest BCUT2D eigenvalue weighted by molar-refractivity contribution is 5.92. The molecular weight excluding hydrogens is 435 g/mol. The Balaban J connectivity index is 0.000000360. The molecule has 1 amide bonds. The van der Waals surface area contributed by atoms with E-state index in [1.807, 2.05) is 17.0 Å². The van der Waals surface area contributed by atoms with Crippen LogP contribution in [0.25, 0.3) is 0 Å². The van der Waals surface area contributed by atoms with Crippen LogP contribution in [0.2, 0.25) is 0 Å². The van der Waals surface area contributed by atoms with Gasteiger partial charge in [0.2, 0.25) is 5.76 Å². The van der Waals surface area contributed by atoms with Crippen LogP contribution in [0.1, 0.15) is 35.5 Å². The van der Waals surface area contributed by atoms with Gasteiger partial charge in [0.15, 0.2) is 6.39 Å². The number of hydrogen-bond acceptors (Lipinski definition) is 7. The predicted molar refractivity (Wildman–Crippen MR) is 102 cm³/mol. The van der Waals surface area contributed by atoms with Crippen LogP contribution in [0.5, 0.6) is 5.75 Å². The van der Waals surface area contributed by atoms with Crippen molar-refractivity contribution in [2.45, 2.75) is 44.1 Å². The summed E-state index contributed by atoms with van der Waals surface area (Å²) in [6.07, 6.45) is 2.22. The highest BCUT2D eigenvalue weighted by atomic mass is 19.4. The summed E-state index contributed by atoms with van der Waals surface area (Å²) in [6.45, 7) is 3.57.